The molecule has 0 bridgehead atoms. The molecule has 0 radical (unpaired) electrons. The number of nitrogens with zero attached hydrogens (tertiary/aromatic N) is 1. The van der Waals surface area contributed by atoms with E-state index in [1.54, 1.807) is 14.0 Å². The lowest BCUT2D eigenvalue weighted by Crippen LogP contribution is -2.21. The molecule has 0 aliphatic rings. The quantitative estimate of drug-likeness (QED) is 0.798. The molecule has 0 unspecified atom stereocenters. The molecule has 0 aliphatic heterocycles. The predicted molar refractivity (Wildman–Crippen MR) is 75.0 cm³/mol. The number of ether oxygens (including phenoxy) is 1. The second-order valence-corrected chi connectivity index (χ2v) is 4.66. The zero-order chi connectivity index (χ0) is 15.2. The van der Waals surface area contributed by atoms with Crippen LogP contribution in [0, 0.1) is 18.6 Å². The minimum atomic E-state index is -0.654. The van der Waals surface area contributed by atoms with Crippen LogP contribution in [0.2, 0.25) is 0 Å². The van der Waals surface area contributed by atoms with Crippen LogP contribution in [-0.4, -0.2) is 31.8 Å². The van der Waals surface area contributed by atoms with Gasteiger partial charge in [0.05, 0.1) is 18.4 Å². The van der Waals surface area contributed by atoms with Gasteiger partial charge in [0.25, 0.3) is 0 Å². The Morgan fingerprint density at radius 2 is 2.10 bits per heavy atom. The number of methoxy groups -OCH3 is 1. The van der Waals surface area contributed by atoms with Crippen LogP contribution >= 0.6 is 0 Å². The second kappa shape index (κ2) is 7.28. The minimum Gasteiger partial charge on any atom is -0.440 e. The third-order valence-corrected chi connectivity index (χ3v) is 3.08. The molecule has 2 rings (SSSR count). The Labute approximate surface area is 122 Å². The maximum atomic E-state index is 14.0. The van der Waals surface area contributed by atoms with E-state index in [2.05, 4.69) is 10.3 Å². The van der Waals surface area contributed by atoms with E-state index < -0.39 is 11.6 Å². The molecule has 6 heteroatoms. The number of aromatic nitrogens is 1. The van der Waals surface area contributed by atoms with E-state index in [0.717, 1.165) is 6.54 Å². The average Bonchev–Trinajstić information content (AvgIpc) is 2.92. The van der Waals surface area contributed by atoms with Crippen molar-refractivity contribution in [3.8, 4) is 11.3 Å². The van der Waals surface area contributed by atoms with Crippen molar-refractivity contribution in [3.63, 3.8) is 0 Å². The van der Waals surface area contributed by atoms with Gasteiger partial charge in [-0.25, -0.2) is 13.8 Å². The molecule has 0 spiro atoms. The number of benzene rings is 1. The van der Waals surface area contributed by atoms with Gasteiger partial charge in [-0.3, -0.25) is 0 Å². The normalized spacial score (nSPS) is 11.0. The monoisotopic (exact) mass is 296 g/mol. The van der Waals surface area contributed by atoms with Crippen molar-refractivity contribution < 1.29 is 17.9 Å². The largest absolute Gasteiger partial charge is 0.440 e. The molecule has 1 aromatic carbocycles. The fourth-order valence-corrected chi connectivity index (χ4v) is 1.92. The van der Waals surface area contributed by atoms with Crippen LogP contribution in [0.25, 0.3) is 11.3 Å². The van der Waals surface area contributed by atoms with Crippen molar-refractivity contribution in [2.75, 3.05) is 26.8 Å². The number of aryl methyl sites for hydroxylation is 1. The fraction of sp³-hybridized carbons (Fsp3) is 0.400. The van der Waals surface area contributed by atoms with Gasteiger partial charge in [-0.15, -0.1) is 0 Å². The Hall–Kier alpha value is -1.79. The minimum absolute atomic E-state index is 0.112. The van der Waals surface area contributed by atoms with Crippen LogP contribution in [0.15, 0.2) is 22.7 Å². The maximum absolute atomic E-state index is 14.0. The van der Waals surface area contributed by atoms with Crippen LogP contribution in [0.4, 0.5) is 8.78 Å². The van der Waals surface area contributed by atoms with Crippen molar-refractivity contribution in [1.29, 1.82) is 0 Å². The summed E-state index contributed by atoms with van der Waals surface area (Å²) in [5, 5.41) is 3.14. The van der Waals surface area contributed by atoms with Gasteiger partial charge < -0.3 is 14.5 Å². The molecule has 0 aliphatic carbocycles. The zero-order valence-corrected chi connectivity index (χ0v) is 12.1. The van der Waals surface area contributed by atoms with Crippen LogP contribution in [0.1, 0.15) is 11.5 Å². The Balaban J connectivity index is 2.05. The number of halogens is 2. The molecule has 114 valence electrons. The number of rotatable bonds is 7. The van der Waals surface area contributed by atoms with Gasteiger partial charge >= 0.3 is 0 Å². The summed E-state index contributed by atoms with van der Waals surface area (Å²) in [5.74, 6) is -0.717. The number of nitrogens with one attached hydrogen (secondary N) is 1. The first kappa shape index (κ1) is 15.6. The first-order valence-corrected chi connectivity index (χ1v) is 6.72. The molecule has 0 atom stereocenters. The lowest BCUT2D eigenvalue weighted by molar-refractivity contribution is 0.199. The van der Waals surface area contributed by atoms with E-state index in [-0.39, 0.29) is 11.3 Å². The lowest BCUT2D eigenvalue weighted by atomic mass is 10.1. The summed E-state index contributed by atoms with van der Waals surface area (Å²) in [5.41, 5.74) is 0.201. The summed E-state index contributed by atoms with van der Waals surface area (Å²) in [6.07, 6.45) is 1.89. The van der Waals surface area contributed by atoms with Crippen molar-refractivity contribution in [3.05, 3.63) is 41.4 Å². The molecular weight excluding hydrogens is 278 g/mol. The topological polar surface area (TPSA) is 47.3 Å². The molecule has 1 N–H and O–H groups in total. The molecule has 1 aromatic heterocycles. The smallest absolute Gasteiger partial charge is 0.196 e. The van der Waals surface area contributed by atoms with Crippen molar-refractivity contribution in [1.82, 2.24) is 10.3 Å². The molecule has 4 nitrogen and oxygen atoms in total. The Morgan fingerprint density at radius 3 is 2.86 bits per heavy atom. The Morgan fingerprint density at radius 1 is 1.29 bits per heavy atom. The van der Waals surface area contributed by atoms with Gasteiger partial charge in [-0.05, 0) is 18.6 Å². The fourth-order valence-electron chi connectivity index (χ4n) is 1.92. The summed E-state index contributed by atoms with van der Waals surface area (Å²) in [6.45, 7) is 3.58. The molecule has 0 saturated carbocycles. The lowest BCUT2D eigenvalue weighted by Gasteiger charge is -2.04. The van der Waals surface area contributed by atoms with Gasteiger partial charge in [0, 0.05) is 26.6 Å². The Kier molecular flexibility index (Phi) is 5.41. The molecule has 0 fully saturated rings. The number of hydrogen-bond acceptors (Lipinski definition) is 4. The summed E-state index contributed by atoms with van der Waals surface area (Å²) in [6, 6.07) is 2.62. The third-order valence-electron chi connectivity index (χ3n) is 3.08. The molecule has 0 saturated heterocycles. The molecular formula is C15H18F2N2O2. The van der Waals surface area contributed by atoms with E-state index >= 15 is 0 Å². The van der Waals surface area contributed by atoms with E-state index in [0.29, 0.717) is 31.0 Å². The first-order chi connectivity index (χ1) is 10.1. The average molecular weight is 296 g/mol. The maximum Gasteiger partial charge on any atom is 0.196 e. The van der Waals surface area contributed by atoms with Crippen LogP contribution in [-0.2, 0) is 11.2 Å². The summed E-state index contributed by atoms with van der Waals surface area (Å²) in [4.78, 5) is 4.05. The van der Waals surface area contributed by atoms with Crippen LogP contribution in [0.5, 0.6) is 0 Å². The highest BCUT2D eigenvalue weighted by Crippen LogP contribution is 2.28. The van der Waals surface area contributed by atoms with Gasteiger partial charge in [0.15, 0.2) is 11.7 Å². The van der Waals surface area contributed by atoms with Gasteiger partial charge in [-0.1, -0.05) is 6.07 Å². The third kappa shape index (κ3) is 3.86. The van der Waals surface area contributed by atoms with Crippen LogP contribution in [0.3, 0.4) is 0 Å². The van der Waals surface area contributed by atoms with Gasteiger partial charge in [0.1, 0.15) is 11.6 Å². The van der Waals surface area contributed by atoms with E-state index in [1.807, 2.05) is 0 Å². The van der Waals surface area contributed by atoms with E-state index in [4.69, 9.17) is 9.15 Å². The predicted octanol–water partition coefficient (Wildman–Crippen LogP) is 2.71. The van der Waals surface area contributed by atoms with Gasteiger partial charge in [-0.2, -0.15) is 0 Å². The van der Waals surface area contributed by atoms with Crippen molar-refractivity contribution >= 4 is 0 Å². The highest BCUT2D eigenvalue weighted by atomic mass is 19.1. The summed E-state index contributed by atoms with van der Waals surface area (Å²) in [7, 11) is 1.63. The molecule has 2 aromatic rings. The standard InChI is InChI=1S/C15H18F2N2O2/c1-10-3-4-11(16)14(15(10)17)12-9-19-13(21-12)5-6-18-7-8-20-2/h3-4,9,18H,5-8H2,1-2H3. The van der Waals surface area contributed by atoms with Crippen LogP contribution < -0.4 is 5.32 Å². The van der Waals surface area contributed by atoms with Gasteiger partial charge in [0.2, 0.25) is 0 Å². The van der Waals surface area contributed by atoms with E-state index in [1.165, 1.54) is 18.3 Å². The SMILES string of the molecule is COCCNCCc1ncc(-c2c(F)ccc(C)c2F)o1. The van der Waals surface area contributed by atoms with Crippen molar-refractivity contribution in [2.45, 2.75) is 13.3 Å². The molecule has 1 heterocycles. The second-order valence-electron chi connectivity index (χ2n) is 4.66. The van der Waals surface area contributed by atoms with E-state index in [9.17, 15) is 8.78 Å². The molecule has 21 heavy (non-hydrogen) atoms. The first-order valence-electron chi connectivity index (χ1n) is 6.72. The highest BCUT2D eigenvalue weighted by Gasteiger charge is 2.17. The molecule has 0 amide bonds. The summed E-state index contributed by atoms with van der Waals surface area (Å²) >= 11 is 0. The Bertz CT molecular complexity index is 599. The zero-order valence-electron chi connectivity index (χ0n) is 12.1. The number of oxazole rings is 1. The van der Waals surface area contributed by atoms with Crippen molar-refractivity contribution in [2.24, 2.45) is 0 Å². The number of hydrogen-bond donors (Lipinski definition) is 1. The highest BCUT2D eigenvalue weighted by molar-refractivity contribution is 5.59. The summed E-state index contributed by atoms with van der Waals surface area (Å²) < 4.78 is 38.1.